The van der Waals surface area contributed by atoms with Gasteiger partial charge in [0.05, 0.1) is 5.41 Å². The van der Waals surface area contributed by atoms with Gasteiger partial charge in [-0.25, -0.2) is 0 Å². The summed E-state index contributed by atoms with van der Waals surface area (Å²) in [5, 5.41) is 3.37. The van der Waals surface area contributed by atoms with Gasteiger partial charge in [-0.05, 0) is 44.2 Å². The van der Waals surface area contributed by atoms with Crippen molar-refractivity contribution >= 4 is 5.91 Å². The summed E-state index contributed by atoms with van der Waals surface area (Å²) in [7, 11) is 0. The Morgan fingerprint density at radius 1 is 1.20 bits per heavy atom. The number of likely N-dealkylation sites (tertiary alicyclic amines) is 1. The van der Waals surface area contributed by atoms with Crippen molar-refractivity contribution in [3.05, 3.63) is 35.9 Å². The Balaban J connectivity index is 1.53. The van der Waals surface area contributed by atoms with Crippen LogP contribution in [-0.4, -0.2) is 37.0 Å². The molecule has 1 amide bonds. The van der Waals surface area contributed by atoms with Crippen LogP contribution in [0.2, 0.25) is 0 Å². The number of piperidine rings is 1. The van der Waals surface area contributed by atoms with Gasteiger partial charge in [0, 0.05) is 19.6 Å². The van der Waals surface area contributed by atoms with E-state index in [1.165, 1.54) is 12.0 Å². The summed E-state index contributed by atoms with van der Waals surface area (Å²) in [6, 6.07) is 10.6. The van der Waals surface area contributed by atoms with E-state index in [1.54, 1.807) is 0 Å². The van der Waals surface area contributed by atoms with Crippen LogP contribution in [0.1, 0.15) is 31.2 Å². The van der Waals surface area contributed by atoms with E-state index >= 15 is 0 Å². The first-order valence-electron chi connectivity index (χ1n) is 7.84. The van der Waals surface area contributed by atoms with Gasteiger partial charge in [-0.2, -0.15) is 0 Å². The van der Waals surface area contributed by atoms with Crippen molar-refractivity contribution in [3.8, 4) is 0 Å². The summed E-state index contributed by atoms with van der Waals surface area (Å²) in [6.45, 7) is 3.76. The third kappa shape index (κ3) is 2.73. The SMILES string of the molecule is O=C1N(CCCc2ccccc2)CCC[C@]12CCNC2. The number of nitrogens with zero attached hydrogens (tertiary/aromatic N) is 1. The van der Waals surface area contributed by atoms with E-state index in [0.29, 0.717) is 5.91 Å². The van der Waals surface area contributed by atoms with Crippen LogP contribution < -0.4 is 5.32 Å². The van der Waals surface area contributed by atoms with Gasteiger partial charge in [0.2, 0.25) is 5.91 Å². The maximum Gasteiger partial charge on any atom is 0.230 e. The molecule has 2 saturated heterocycles. The largest absolute Gasteiger partial charge is 0.342 e. The Hall–Kier alpha value is -1.35. The second-order valence-corrected chi connectivity index (χ2v) is 6.19. The van der Waals surface area contributed by atoms with Gasteiger partial charge in [-0.1, -0.05) is 30.3 Å². The maximum absolute atomic E-state index is 12.7. The first-order chi connectivity index (χ1) is 9.80. The number of rotatable bonds is 4. The lowest BCUT2D eigenvalue weighted by Gasteiger charge is -2.39. The first-order valence-corrected chi connectivity index (χ1v) is 7.84. The summed E-state index contributed by atoms with van der Waals surface area (Å²) in [4.78, 5) is 14.8. The molecule has 0 bridgehead atoms. The average Bonchev–Trinajstić information content (AvgIpc) is 2.94. The highest BCUT2D eigenvalue weighted by atomic mass is 16.2. The van der Waals surface area contributed by atoms with E-state index in [0.717, 1.165) is 51.9 Å². The highest BCUT2D eigenvalue weighted by molar-refractivity contribution is 5.84. The van der Waals surface area contributed by atoms with Crippen molar-refractivity contribution in [2.75, 3.05) is 26.2 Å². The fourth-order valence-corrected chi connectivity index (χ4v) is 3.62. The molecule has 1 aromatic rings. The number of benzene rings is 1. The number of aryl methyl sites for hydroxylation is 1. The van der Waals surface area contributed by atoms with Gasteiger partial charge in [0.15, 0.2) is 0 Å². The van der Waals surface area contributed by atoms with E-state index in [-0.39, 0.29) is 5.41 Å². The molecule has 3 nitrogen and oxygen atoms in total. The molecule has 3 heteroatoms. The zero-order valence-electron chi connectivity index (χ0n) is 12.1. The van der Waals surface area contributed by atoms with Crippen LogP contribution in [0.3, 0.4) is 0 Å². The summed E-state index contributed by atoms with van der Waals surface area (Å²) < 4.78 is 0. The molecule has 0 aromatic heterocycles. The van der Waals surface area contributed by atoms with E-state index < -0.39 is 0 Å². The fourth-order valence-electron chi connectivity index (χ4n) is 3.62. The molecule has 2 aliphatic rings. The normalized spacial score (nSPS) is 26.4. The first kappa shape index (κ1) is 13.6. The van der Waals surface area contributed by atoms with E-state index in [9.17, 15) is 4.79 Å². The van der Waals surface area contributed by atoms with Crippen molar-refractivity contribution in [3.63, 3.8) is 0 Å². The average molecular weight is 272 g/mol. The quantitative estimate of drug-likeness (QED) is 0.911. The lowest BCUT2D eigenvalue weighted by Crippen LogP contribution is -2.50. The standard InChI is InChI=1S/C17H24N2O/c20-16-17(10-11-18-14-17)9-5-13-19(16)12-4-8-15-6-2-1-3-7-15/h1-3,6-7,18H,4-5,8-14H2/t17-/m1/s1. The summed E-state index contributed by atoms with van der Waals surface area (Å²) in [5.74, 6) is 0.404. The second kappa shape index (κ2) is 5.96. The molecular weight excluding hydrogens is 248 g/mol. The molecule has 2 fully saturated rings. The van der Waals surface area contributed by atoms with Gasteiger partial charge in [0.1, 0.15) is 0 Å². The summed E-state index contributed by atoms with van der Waals surface area (Å²) in [6.07, 6.45) is 5.41. The van der Waals surface area contributed by atoms with Crippen molar-refractivity contribution < 1.29 is 4.79 Å². The Kier molecular flexibility index (Phi) is 4.06. The molecule has 1 aromatic carbocycles. The lowest BCUT2D eigenvalue weighted by atomic mass is 9.78. The van der Waals surface area contributed by atoms with Gasteiger partial charge in [-0.15, -0.1) is 0 Å². The second-order valence-electron chi connectivity index (χ2n) is 6.19. The highest BCUT2D eigenvalue weighted by Crippen LogP contribution is 2.36. The molecule has 20 heavy (non-hydrogen) atoms. The van der Waals surface area contributed by atoms with Crippen molar-refractivity contribution in [2.24, 2.45) is 5.41 Å². The van der Waals surface area contributed by atoms with Crippen LogP contribution in [0.5, 0.6) is 0 Å². The summed E-state index contributed by atoms with van der Waals surface area (Å²) >= 11 is 0. The smallest absolute Gasteiger partial charge is 0.230 e. The van der Waals surface area contributed by atoms with Crippen molar-refractivity contribution in [1.29, 1.82) is 0 Å². The molecule has 0 radical (unpaired) electrons. The number of carbonyl (C=O) groups excluding carboxylic acids is 1. The zero-order valence-corrected chi connectivity index (χ0v) is 12.1. The molecule has 2 heterocycles. The van der Waals surface area contributed by atoms with Crippen molar-refractivity contribution in [2.45, 2.75) is 32.1 Å². The zero-order chi connectivity index (χ0) is 13.8. The number of amides is 1. The summed E-state index contributed by atoms with van der Waals surface area (Å²) in [5.41, 5.74) is 1.31. The molecule has 1 N–H and O–H groups in total. The van der Waals surface area contributed by atoms with E-state index in [1.807, 2.05) is 0 Å². The van der Waals surface area contributed by atoms with Crippen LogP contribution in [0.25, 0.3) is 0 Å². The number of hydrogen-bond acceptors (Lipinski definition) is 2. The van der Waals surface area contributed by atoms with Crippen LogP contribution in [0.4, 0.5) is 0 Å². The molecule has 1 atom stereocenters. The van der Waals surface area contributed by atoms with Gasteiger partial charge in [0.25, 0.3) is 0 Å². The molecule has 1 spiro atoms. The Morgan fingerprint density at radius 2 is 2.05 bits per heavy atom. The minimum atomic E-state index is -0.0645. The number of carbonyl (C=O) groups is 1. The van der Waals surface area contributed by atoms with Crippen LogP contribution >= 0.6 is 0 Å². The molecule has 3 rings (SSSR count). The van der Waals surface area contributed by atoms with Crippen LogP contribution in [0.15, 0.2) is 30.3 Å². The Labute approximate surface area is 121 Å². The predicted molar refractivity (Wildman–Crippen MR) is 80.5 cm³/mol. The molecule has 2 aliphatic heterocycles. The molecule has 0 unspecified atom stereocenters. The van der Waals surface area contributed by atoms with Gasteiger partial charge in [-0.3, -0.25) is 4.79 Å². The molecular formula is C17H24N2O. The van der Waals surface area contributed by atoms with Crippen molar-refractivity contribution in [1.82, 2.24) is 10.2 Å². The van der Waals surface area contributed by atoms with Gasteiger partial charge < -0.3 is 10.2 Å². The minimum absolute atomic E-state index is 0.0645. The number of hydrogen-bond donors (Lipinski definition) is 1. The predicted octanol–water partition coefficient (Wildman–Crippen LogP) is 2.22. The number of nitrogens with one attached hydrogen (secondary N) is 1. The molecule has 0 aliphatic carbocycles. The third-order valence-electron chi connectivity index (χ3n) is 4.80. The molecule has 0 saturated carbocycles. The maximum atomic E-state index is 12.7. The van der Waals surface area contributed by atoms with E-state index in [4.69, 9.17) is 0 Å². The fraction of sp³-hybridized carbons (Fsp3) is 0.588. The highest BCUT2D eigenvalue weighted by Gasteiger charge is 2.45. The topological polar surface area (TPSA) is 32.3 Å². The third-order valence-corrected chi connectivity index (χ3v) is 4.80. The Morgan fingerprint density at radius 3 is 2.80 bits per heavy atom. The van der Waals surface area contributed by atoms with Gasteiger partial charge >= 0.3 is 0 Å². The monoisotopic (exact) mass is 272 g/mol. The molecule has 108 valence electrons. The lowest BCUT2D eigenvalue weighted by molar-refractivity contribution is -0.145. The minimum Gasteiger partial charge on any atom is -0.342 e. The van der Waals surface area contributed by atoms with Crippen LogP contribution in [0, 0.1) is 5.41 Å². The van der Waals surface area contributed by atoms with Crippen LogP contribution in [-0.2, 0) is 11.2 Å². The Bertz CT molecular complexity index is 451. The van der Waals surface area contributed by atoms with E-state index in [2.05, 4.69) is 40.5 Å².